The number of hydrogen-bond donors (Lipinski definition) is 1. The van der Waals surface area contributed by atoms with E-state index in [-0.39, 0.29) is 36.2 Å². The zero-order chi connectivity index (χ0) is 14.6. The van der Waals surface area contributed by atoms with Gasteiger partial charge in [-0.1, -0.05) is 51.9 Å². The molecule has 0 aliphatic heterocycles. The van der Waals surface area contributed by atoms with Gasteiger partial charge in [-0.2, -0.15) is 8.42 Å². The summed E-state index contributed by atoms with van der Waals surface area (Å²) in [6.07, 6.45) is 9.51. The summed E-state index contributed by atoms with van der Waals surface area (Å²) in [5, 5.41) is 0. The third kappa shape index (κ3) is 18.4. The molecule has 0 spiro atoms. The van der Waals surface area contributed by atoms with E-state index in [0.29, 0.717) is 6.42 Å². The zero-order valence-corrected chi connectivity index (χ0v) is 12.6. The van der Waals surface area contributed by atoms with Crippen molar-refractivity contribution in [3.05, 3.63) is 0 Å². The van der Waals surface area contributed by atoms with E-state index in [2.05, 4.69) is 6.92 Å². The first-order valence-electron chi connectivity index (χ1n) is 7.06. The molecule has 0 fully saturated rings. The van der Waals surface area contributed by atoms with Crippen LogP contribution in [0.3, 0.4) is 0 Å². The molecule has 5 nitrogen and oxygen atoms in total. The maximum absolute atomic E-state index is 11.2. The van der Waals surface area contributed by atoms with E-state index in [9.17, 15) is 13.2 Å². The van der Waals surface area contributed by atoms with Gasteiger partial charge in [-0.15, -0.1) is 0 Å². The second-order valence-corrected chi connectivity index (χ2v) is 6.30. The second-order valence-electron chi connectivity index (χ2n) is 4.73. The summed E-state index contributed by atoms with van der Waals surface area (Å²) in [5.74, 6) is -0.925. The summed E-state index contributed by atoms with van der Waals surface area (Å²) >= 11 is 0. The number of rotatable bonds is 12. The van der Waals surface area contributed by atoms with Gasteiger partial charge >= 0.3 is 35.5 Å². The van der Waals surface area contributed by atoms with Crippen molar-refractivity contribution >= 4 is 45.6 Å². The van der Waals surface area contributed by atoms with Gasteiger partial charge in [0.05, 0.1) is 0 Å². The van der Waals surface area contributed by atoms with Gasteiger partial charge in [0.2, 0.25) is 0 Å². The van der Waals surface area contributed by atoms with E-state index < -0.39 is 21.8 Å². The fourth-order valence-corrected chi connectivity index (χ4v) is 2.03. The van der Waals surface area contributed by atoms with E-state index in [1.807, 2.05) is 0 Å². The minimum absolute atomic E-state index is 0. The maximum atomic E-state index is 11.2. The van der Waals surface area contributed by atoms with Gasteiger partial charge in [0.15, 0.2) is 0 Å². The number of hydrogen-bond acceptors (Lipinski definition) is 4. The van der Waals surface area contributed by atoms with Crippen LogP contribution in [0.5, 0.6) is 0 Å². The van der Waals surface area contributed by atoms with Gasteiger partial charge in [-0.05, 0) is 6.42 Å². The first kappa shape index (κ1) is 22.7. The summed E-state index contributed by atoms with van der Waals surface area (Å²) in [7, 11) is -4.04. The molecule has 0 heterocycles. The first-order chi connectivity index (χ1) is 8.95. The molecule has 0 bridgehead atoms. The third-order valence-electron chi connectivity index (χ3n) is 2.84. The molecule has 0 saturated heterocycles. The van der Waals surface area contributed by atoms with Gasteiger partial charge in [-0.3, -0.25) is 9.35 Å². The minimum atomic E-state index is -4.04. The first-order valence-corrected chi connectivity index (χ1v) is 8.67. The number of ether oxygens (including phenoxy) is 1. The van der Waals surface area contributed by atoms with E-state index in [1.165, 1.54) is 32.1 Å². The van der Waals surface area contributed by atoms with Crippen molar-refractivity contribution < 1.29 is 22.5 Å². The summed E-state index contributed by atoms with van der Waals surface area (Å²) in [4.78, 5) is 11.2. The van der Waals surface area contributed by atoms with Crippen molar-refractivity contribution in [3.63, 3.8) is 0 Å². The summed E-state index contributed by atoms with van der Waals surface area (Å²) in [6.45, 7) is 1.92. The Morgan fingerprint density at radius 2 is 1.50 bits per heavy atom. The monoisotopic (exact) mass is 318 g/mol. The summed E-state index contributed by atoms with van der Waals surface area (Å²) < 4.78 is 33.9. The van der Waals surface area contributed by atoms with Crippen LogP contribution >= 0.6 is 0 Å². The van der Waals surface area contributed by atoms with Crippen LogP contribution in [0.15, 0.2) is 0 Å². The Hall–Kier alpha value is 0.380. The molecule has 0 aromatic rings. The molecule has 116 valence electrons. The fourth-order valence-electron chi connectivity index (χ4n) is 1.74. The van der Waals surface area contributed by atoms with Crippen molar-refractivity contribution in [1.82, 2.24) is 0 Å². The molecule has 0 aliphatic carbocycles. The van der Waals surface area contributed by atoms with E-state index in [4.69, 9.17) is 9.29 Å². The molecule has 0 aromatic carbocycles. The number of esters is 1. The zero-order valence-electron chi connectivity index (χ0n) is 11.8. The Morgan fingerprint density at radius 1 is 1.00 bits per heavy atom. The van der Waals surface area contributed by atoms with Crippen molar-refractivity contribution in [2.24, 2.45) is 0 Å². The van der Waals surface area contributed by atoms with E-state index in [1.54, 1.807) is 0 Å². The second kappa shape index (κ2) is 14.3. The molecule has 7 heteroatoms. The summed E-state index contributed by atoms with van der Waals surface area (Å²) in [6, 6.07) is 0. The Balaban J connectivity index is 0. The van der Waals surface area contributed by atoms with Gasteiger partial charge < -0.3 is 4.74 Å². The summed E-state index contributed by atoms with van der Waals surface area (Å²) in [5.41, 5.74) is 0. The molecular formula is C13H27NaO5S. The van der Waals surface area contributed by atoms with Crippen LogP contribution in [0.1, 0.15) is 64.7 Å². The van der Waals surface area contributed by atoms with Gasteiger partial charge in [0, 0.05) is 6.42 Å². The molecule has 0 aromatic heterocycles. The molecule has 0 saturated carbocycles. The Labute approximate surface area is 144 Å². The van der Waals surface area contributed by atoms with Crippen molar-refractivity contribution in [1.29, 1.82) is 0 Å². The van der Waals surface area contributed by atoms with Gasteiger partial charge in [0.25, 0.3) is 10.1 Å². The Morgan fingerprint density at radius 3 is 2.00 bits per heavy atom. The molecule has 0 atom stereocenters. The van der Waals surface area contributed by atoms with Crippen molar-refractivity contribution in [2.45, 2.75) is 64.7 Å². The van der Waals surface area contributed by atoms with Crippen LogP contribution in [0.25, 0.3) is 0 Å². The van der Waals surface area contributed by atoms with Crippen LogP contribution in [0, 0.1) is 0 Å². The van der Waals surface area contributed by atoms with Crippen LogP contribution in [-0.2, 0) is 19.6 Å². The van der Waals surface area contributed by atoms with Crippen LogP contribution in [0.2, 0.25) is 0 Å². The fraction of sp³-hybridized carbons (Fsp3) is 0.923. The van der Waals surface area contributed by atoms with Crippen LogP contribution in [-0.4, -0.2) is 60.9 Å². The van der Waals surface area contributed by atoms with Crippen LogP contribution in [0.4, 0.5) is 0 Å². The SMILES string of the molecule is CCCCCCCCCCC(=O)OCCS(=O)(=O)O.[NaH]. The van der Waals surface area contributed by atoms with Crippen molar-refractivity contribution in [3.8, 4) is 0 Å². The number of carbonyl (C=O) groups is 1. The number of carbonyl (C=O) groups excluding carboxylic acids is 1. The van der Waals surface area contributed by atoms with Gasteiger partial charge in [-0.25, -0.2) is 0 Å². The molecule has 0 aliphatic rings. The molecule has 1 N–H and O–H groups in total. The van der Waals surface area contributed by atoms with E-state index >= 15 is 0 Å². The quantitative estimate of drug-likeness (QED) is 0.258. The standard InChI is InChI=1S/C13H26O5S.Na.H/c1-2-3-4-5-6-7-8-9-10-13(14)18-11-12-19(15,16)17;;/h2-12H2,1H3,(H,15,16,17);;. The number of unbranched alkanes of at least 4 members (excludes halogenated alkanes) is 7. The molecular weight excluding hydrogens is 291 g/mol. The average molecular weight is 318 g/mol. The predicted molar refractivity (Wildman–Crippen MR) is 81.8 cm³/mol. The third-order valence-corrected chi connectivity index (χ3v) is 3.52. The molecule has 20 heavy (non-hydrogen) atoms. The topological polar surface area (TPSA) is 80.7 Å². The van der Waals surface area contributed by atoms with Crippen LogP contribution < -0.4 is 0 Å². The molecule has 0 amide bonds. The Bertz CT molecular complexity index is 330. The predicted octanol–water partition coefficient (Wildman–Crippen LogP) is 2.30. The van der Waals surface area contributed by atoms with E-state index in [0.717, 1.165) is 19.3 Å². The van der Waals surface area contributed by atoms with Crippen molar-refractivity contribution in [2.75, 3.05) is 12.4 Å². The Kier molecular flexibility index (Phi) is 16.2. The van der Waals surface area contributed by atoms with Gasteiger partial charge in [0.1, 0.15) is 12.4 Å². The molecule has 0 unspecified atom stereocenters. The average Bonchev–Trinajstić information content (AvgIpc) is 2.31. The normalized spacial score (nSPS) is 10.9. The molecule has 0 rings (SSSR count). The molecule has 0 radical (unpaired) electrons.